The van der Waals surface area contributed by atoms with Gasteiger partial charge in [-0.05, 0) is 64.8 Å². The maximum atomic E-state index is 13.4. The molecule has 4 N–H and O–H groups in total. The topological polar surface area (TPSA) is 156 Å². The van der Waals surface area contributed by atoms with Gasteiger partial charge < -0.3 is 44.4 Å². The van der Waals surface area contributed by atoms with Crippen molar-refractivity contribution >= 4 is 12.1 Å². The zero-order valence-corrected chi connectivity index (χ0v) is 32.4. The summed E-state index contributed by atoms with van der Waals surface area (Å²) in [5.41, 5.74) is -1.95. The highest BCUT2D eigenvalue weighted by atomic mass is 16.6. The predicted molar refractivity (Wildman–Crippen MR) is 197 cm³/mol. The van der Waals surface area contributed by atoms with Crippen molar-refractivity contribution in [3.8, 4) is 0 Å². The smallest absolute Gasteiger partial charge is 0.410 e. The number of rotatable bonds is 14. The Kier molecular flexibility index (Phi) is 16.6. The molecule has 3 aliphatic heterocycles. The lowest BCUT2D eigenvalue weighted by molar-refractivity contribution is -0.151. The van der Waals surface area contributed by atoms with Crippen molar-refractivity contribution in [3.63, 3.8) is 0 Å². The Labute approximate surface area is 306 Å². The highest BCUT2D eigenvalue weighted by Crippen LogP contribution is 2.37. The van der Waals surface area contributed by atoms with Crippen molar-refractivity contribution in [1.29, 1.82) is 0 Å². The van der Waals surface area contributed by atoms with Crippen LogP contribution in [0, 0.1) is 11.8 Å². The first-order valence-electron chi connectivity index (χ1n) is 19.1. The summed E-state index contributed by atoms with van der Waals surface area (Å²) in [5, 5.41) is 43.4. The van der Waals surface area contributed by atoms with E-state index >= 15 is 0 Å². The van der Waals surface area contributed by atoms with Crippen LogP contribution in [0.1, 0.15) is 87.5 Å². The molecule has 51 heavy (non-hydrogen) atoms. The first-order valence-corrected chi connectivity index (χ1v) is 19.1. The van der Waals surface area contributed by atoms with Gasteiger partial charge in [0.1, 0.15) is 11.7 Å². The molecule has 0 bridgehead atoms. The van der Waals surface area contributed by atoms with Gasteiger partial charge >= 0.3 is 12.1 Å². The minimum absolute atomic E-state index is 0.0130. The third-order valence-corrected chi connectivity index (χ3v) is 10.9. The lowest BCUT2D eigenvalue weighted by Crippen LogP contribution is -2.52. The van der Waals surface area contributed by atoms with Gasteiger partial charge in [-0.3, -0.25) is 9.69 Å². The van der Waals surface area contributed by atoms with Crippen LogP contribution < -0.4 is 0 Å². The number of cyclic esters (lactones) is 1. The van der Waals surface area contributed by atoms with E-state index in [-0.39, 0.29) is 43.3 Å². The Morgan fingerprint density at radius 2 is 1.86 bits per heavy atom. The van der Waals surface area contributed by atoms with Crippen LogP contribution in [0.25, 0.3) is 0 Å². The van der Waals surface area contributed by atoms with Gasteiger partial charge in [-0.2, -0.15) is 0 Å². The van der Waals surface area contributed by atoms with Crippen LogP contribution in [-0.2, 0) is 19.0 Å². The minimum Gasteiger partial charge on any atom is -0.457 e. The summed E-state index contributed by atoms with van der Waals surface area (Å²) in [5.74, 6) is -0.953. The summed E-state index contributed by atoms with van der Waals surface area (Å²) in [6, 6.07) is 0. The lowest BCUT2D eigenvalue weighted by Gasteiger charge is -2.37. The lowest BCUT2D eigenvalue weighted by atomic mass is 9.88. The number of piperazine rings is 1. The number of aliphatic hydroxyl groups is 4. The molecule has 3 heterocycles. The summed E-state index contributed by atoms with van der Waals surface area (Å²) < 4.78 is 17.6. The van der Waals surface area contributed by atoms with E-state index in [9.17, 15) is 30.0 Å². The Morgan fingerprint density at radius 3 is 2.49 bits per heavy atom. The summed E-state index contributed by atoms with van der Waals surface area (Å²) in [7, 11) is 0. The zero-order valence-electron chi connectivity index (χ0n) is 32.4. The van der Waals surface area contributed by atoms with Crippen LogP contribution in [0.4, 0.5) is 4.79 Å². The third-order valence-electron chi connectivity index (χ3n) is 10.9. The number of amides is 1. The molecule has 0 radical (unpaired) electrons. The van der Waals surface area contributed by atoms with Gasteiger partial charge in [0, 0.05) is 57.5 Å². The Bertz CT molecular complexity index is 1190. The van der Waals surface area contributed by atoms with Gasteiger partial charge in [0.15, 0.2) is 6.10 Å². The first kappa shape index (κ1) is 43.1. The van der Waals surface area contributed by atoms with Gasteiger partial charge in [0.2, 0.25) is 0 Å². The van der Waals surface area contributed by atoms with Crippen molar-refractivity contribution in [2.45, 2.75) is 135 Å². The Balaban J connectivity index is 1.69. The average molecular weight is 722 g/mol. The second-order valence-electron chi connectivity index (χ2n) is 15.4. The molecular weight excluding hydrogens is 654 g/mol. The zero-order chi connectivity index (χ0) is 37.9. The number of allylic oxidation sites excluding steroid dienone is 2. The van der Waals surface area contributed by atoms with Gasteiger partial charge in [-0.25, -0.2) is 4.79 Å². The molecule has 0 aliphatic carbocycles. The van der Waals surface area contributed by atoms with Crippen molar-refractivity contribution in [2.75, 3.05) is 52.4 Å². The fraction of sp³-hybridized carbons (Fsp3) is 0.795. The summed E-state index contributed by atoms with van der Waals surface area (Å²) in [6.45, 7) is 21.7. The molecule has 292 valence electrons. The van der Waals surface area contributed by atoms with Crippen LogP contribution in [0.2, 0.25) is 0 Å². The van der Waals surface area contributed by atoms with E-state index in [0.29, 0.717) is 31.5 Å². The molecule has 0 aromatic heterocycles. The van der Waals surface area contributed by atoms with Crippen LogP contribution in [0.15, 0.2) is 36.0 Å². The van der Waals surface area contributed by atoms with Crippen molar-refractivity contribution in [1.82, 2.24) is 14.7 Å². The molecule has 10 atom stereocenters. The van der Waals surface area contributed by atoms with Gasteiger partial charge in [-0.1, -0.05) is 58.9 Å². The Hall–Kier alpha value is -2.32. The number of hydrogen-bond donors (Lipinski definition) is 4. The van der Waals surface area contributed by atoms with Crippen LogP contribution in [0.3, 0.4) is 0 Å². The molecule has 0 aromatic carbocycles. The molecule has 10 unspecified atom stereocenters. The number of epoxide rings is 1. The second-order valence-corrected chi connectivity index (χ2v) is 15.4. The molecule has 0 aromatic rings. The largest absolute Gasteiger partial charge is 0.457 e. The summed E-state index contributed by atoms with van der Waals surface area (Å²) in [4.78, 5) is 32.7. The van der Waals surface area contributed by atoms with E-state index in [4.69, 9.17) is 14.2 Å². The number of carbonyl (C=O) groups is 2. The molecule has 12 heteroatoms. The number of esters is 1. The average Bonchev–Trinajstić information content (AvgIpc) is 3.85. The molecule has 2 saturated heterocycles. The highest BCUT2D eigenvalue weighted by molar-refractivity contribution is 5.70. The monoisotopic (exact) mass is 721 g/mol. The predicted octanol–water partition coefficient (Wildman–Crippen LogP) is 3.67. The van der Waals surface area contributed by atoms with Gasteiger partial charge in [0.25, 0.3) is 0 Å². The number of likely N-dealkylation sites (N-methyl/N-ethyl adjacent to an activating group) is 1. The summed E-state index contributed by atoms with van der Waals surface area (Å²) in [6.07, 6.45) is 5.73. The van der Waals surface area contributed by atoms with E-state index in [1.807, 2.05) is 27.7 Å². The highest BCUT2D eigenvalue weighted by Gasteiger charge is 2.47. The van der Waals surface area contributed by atoms with E-state index in [1.54, 1.807) is 49.1 Å². The normalized spacial score (nSPS) is 33.2. The molecule has 0 saturated carbocycles. The number of ether oxygens (including phenoxy) is 3. The maximum absolute atomic E-state index is 13.4. The maximum Gasteiger partial charge on any atom is 0.410 e. The first-order chi connectivity index (χ1) is 24.0. The second kappa shape index (κ2) is 19.7. The fourth-order valence-corrected chi connectivity index (χ4v) is 6.96. The van der Waals surface area contributed by atoms with E-state index in [1.165, 1.54) is 0 Å². The quantitative estimate of drug-likeness (QED) is 0.0899. The molecule has 0 spiro atoms. The van der Waals surface area contributed by atoms with Crippen molar-refractivity contribution in [2.24, 2.45) is 11.8 Å². The molecular formula is C39H67N3O9. The third kappa shape index (κ3) is 13.6. The van der Waals surface area contributed by atoms with Crippen LogP contribution in [-0.4, -0.2) is 147 Å². The minimum atomic E-state index is -1.49. The number of nitrogens with zero attached hydrogens (tertiary/aromatic N) is 3. The number of aliphatic hydroxyl groups excluding tert-OH is 2. The van der Waals surface area contributed by atoms with Crippen LogP contribution >= 0.6 is 0 Å². The van der Waals surface area contributed by atoms with Crippen LogP contribution in [0.5, 0.6) is 0 Å². The Morgan fingerprint density at radius 1 is 1.20 bits per heavy atom. The number of hydrogen-bond acceptors (Lipinski definition) is 11. The van der Waals surface area contributed by atoms with Crippen molar-refractivity contribution < 1.29 is 44.2 Å². The van der Waals surface area contributed by atoms with Gasteiger partial charge in [0.05, 0.1) is 36.4 Å². The standard InChI is InChI=1S/C39H67N3O9/c1-9-31(44)29(6)36-32(49-36)26-38(7,47)17-12-13-27(4)35-28(5)14-15-33(39(8,48)18-16-30(43)25-34(45)51-35)50-37(46)42-23-21-41(22-24-42)20-19-40(10-2)11-3/h12-15,17,28-33,35-36,43-44,47-48H,9-11,16,18-26H2,1-8H3/b15-14-,17-12+,27-13+. The molecule has 3 aliphatic rings. The van der Waals surface area contributed by atoms with E-state index in [0.717, 1.165) is 39.3 Å². The molecule has 1 amide bonds. The fourth-order valence-electron chi connectivity index (χ4n) is 6.96. The SMILES string of the molecule is CCC(O)C(C)C1OC1CC(C)(O)/C=C/C=C(\C)C1OC(=O)CC(O)CCC(C)(O)C(OC(=O)N2CCN(CCN(CC)CC)CC2)/C=C\C1C. The van der Waals surface area contributed by atoms with E-state index < -0.39 is 47.7 Å². The number of carbonyl (C=O) groups excluding carboxylic acids is 2. The molecule has 12 nitrogen and oxygen atoms in total. The summed E-state index contributed by atoms with van der Waals surface area (Å²) >= 11 is 0. The van der Waals surface area contributed by atoms with E-state index in [2.05, 4.69) is 23.6 Å². The molecule has 2 fully saturated rings. The van der Waals surface area contributed by atoms with Gasteiger partial charge in [-0.15, -0.1) is 0 Å². The molecule has 3 rings (SSSR count). The van der Waals surface area contributed by atoms with Crippen molar-refractivity contribution in [3.05, 3.63) is 36.0 Å².